The van der Waals surface area contributed by atoms with Crippen molar-refractivity contribution in [3.63, 3.8) is 0 Å². The Labute approximate surface area is 153 Å². The third kappa shape index (κ3) is 6.69. The Morgan fingerprint density at radius 3 is 2.56 bits per heavy atom. The molecule has 2 N–H and O–H groups in total. The van der Waals surface area contributed by atoms with Crippen molar-refractivity contribution >= 4 is 5.96 Å². The molecule has 0 amide bonds. The molecule has 6 nitrogen and oxygen atoms in total. The predicted octanol–water partition coefficient (Wildman–Crippen LogP) is 2.18. The Balaban J connectivity index is 1.57. The zero-order valence-corrected chi connectivity index (χ0v) is 16.5. The molecule has 1 aromatic heterocycles. The van der Waals surface area contributed by atoms with E-state index in [0.717, 1.165) is 43.6 Å². The number of aromatic nitrogens is 2. The van der Waals surface area contributed by atoms with E-state index in [0.29, 0.717) is 0 Å². The van der Waals surface area contributed by atoms with Crippen molar-refractivity contribution in [3.8, 4) is 0 Å². The van der Waals surface area contributed by atoms with Crippen LogP contribution in [0.2, 0.25) is 0 Å². The van der Waals surface area contributed by atoms with Crippen molar-refractivity contribution in [2.45, 2.75) is 53.0 Å². The van der Waals surface area contributed by atoms with Crippen molar-refractivity contribution < 1.29 is 0 Å². The number of nitrogens with one attached hydrogen (secondary N) is 2. The molecule has 1 saturated heterocycles. The van der Waals surface area contributed by atoms with Gasteiger partial charge in [0.25, 0.3) is 0 Å². The molecule has 142 valence electrons. The highest BCUT2D eigenvalue weighted by Crippen LogP contribution is 2.19. The molecule has 0 unspecified atom stereocenters. The second-order valence-electron chi connectivity index (χ2n) is 7.10. The number of hydrogen-bond acceptors (Lipinski definition) is 3. The van der Waals surface area contributed by atoms with Gasteiger partial charge in [0.1, 0.15) is 0 Å². The highest BCUT2D eigenvalue weighted by molar-refractivity contribution is 5.79. The maximum atomic E-state index is 4.50. The van der Waals surface area contributed by atoms with Crippen LogP contribution in [0.25, 0.3) is 0 Å². The largest absolute Gasteiger partial charge is 0.356 e. The second kappa shape index (κ2) is 10.4. The lowest BCUT2D eigenvalue weighted by Gasteiger charge is -2.31. The fraction of sp³-hybridized carbons (Fsp3) is 0.789. The molecule has 1 aliphatic rings. The molecule has 0 aromatic carbocycles. The third-order valence-electron chi connectivity index (χ3n) is 5.17. The zero-order valence-electron chi connectivity index (χ0n) is 16.5. The highest BCUT2D eigenvalue weighted by atomic mass is 15.3. The summed E-state index contributed by atoms with van der Waals surface area (Å²) in [7, 11) is 1.84. The molecular weight excluding hydrogens is 312 g/mol. The number of likely N-dealkylation sites (tertiary alicyclic amines) is 1. The Morgan fingerprint density at radius 1 is 1.24 bits per heavy atom. The molecule has 0 radical (unpaired) electrons. The minimum atomic E-state index is 0.861. The van der Waals surface area contributed by atoms with Gasteiger partial charge in [-0.15, -0.1) is 0 Å². The van der Waals surface area contributed by atoms with Crippen molar-refractivity contribution in [1.29, 1.82) is 0 Å². The van der Waals surface area contributed by atoms with Gasteiger partial charge in [-0.25, -0.2) is 0 Å². The van der Waals surface area contributed by atoms with Gasteiger partial charge in [-0.2, -0.15) is 5.10 Å². The van der Waals surface area contributed by atoms with Gasteiger partial charge in [0.2, 0.25) is 0 Å². The van der Waals surface area contributed by atoms with E-state index in [-0.39, 0.29) is 0 Å². The van der Waals surface area contributed by atoms with Gasteiger partial charge >= 0.3 is 0 Å². The van der Waals surface area contributed by atoms with Crippen LogP contribution in [-0.4, -0.2) is 60.4 Å². The first-order valence-electron chi connectivity index (χ1n) is 9.80. The standard InChI is InChI=1S/C19H36N6/c1-5-24-13-8-18(9-14-24)7-11-22-19(20-4)21-10-6-12-25-17(3)15-16(2)23-25/h15,18H,5-14H2,1-4H3,(H2,20,21,22). The Morgan fingerprint density at radius 2 is 1.96 bits per heavy atom. The average molecular weight is 349 g/mol. The van der Waals surface area contributed by atoms with E-state index in [2.05, 4.69) is 50.2 Å². The van der Waals surface area contributed by atoms with E-state index < -0.39 is 0 Å². The smallest absolute Gasteiger partial charge is 0.190 e. The lowest BCUT2D eigenvalue weighted by Crippen LogP contribution is -2.40. The summed E-state index contributed by atoms with van der Waals surface area (Å²) >= 11 is 0. The summed E-state index contributed by atoms with van der Waals surface area (Å²) in [6, 6.07) is 2.12. The molecule has 2 heterocycles. The SMILES string of the molecule is CCN1CCC(CCNC(=NC)NCCCn2nc(C)cc2C)CC1. The summed E-state index contributed by atoms with van der Waals surface area (Å²) in [5, 5.41) is 11.4. The number of aliphatic imine (C=N–C) groups is 1. The second-order valence-corrected chi connectivity index (χ2v) is 7.10. The van der Waals surface area contributed by atoms with Crippen molar-refractivity contribution in [1.82, 2.24) is 25.3 Å². The van der Waals surface area contributed by atoms with Crippen LogP contribution in [0.3, 0.4) is 0 Å². The predicted molar refractivity (Wildman–Crippen MR) is 105 cm³/mol. The molecule has 1 fully saturated rings. The van der Waals surface area contributed by atoms with Crippen LogP contribution in [0.5, 0.6) is 0 Å². The first-order valence-corrected chi connectivity index (χ1v) is 9.80. The normalized spacial score (nSPS) is 17.0. The Hall–Kier alpha value is -1.56. The summed E-state index contributed by atoms with van der Waals surface area (Å²) in [4.78, 5) is 6.87. The van der Waals surface area contributed by atoms with E-state index in [4.69, 9.17) is 0 Å². The third-order valence-corrected chi connectivity index (χ3v) is 5.17. The van der Waals surface area contributed by atoms with Crippen LogP contribution >= 0.6 is 0 Å². The van der Waals surface area contributed by atoms with Crippen LogP contribution in [-0.2, 0) is 6.54 Å². The van der Waals surface area contributed by atoms with Gasteiger partial charge in [-0.05, 0) is 71.1 Å². The van der Waals surface area contributed by atoms with Crippen molar-refractivity contribution in [3.05, 3.63) is 17.5 Å². The minimum Gasteiger partial charge on any atom is -0.356 e. The fourth-order valence-corrected chi connectivity index (χ4v) is 3.54. The molecule has 0 bridgehead atoms. The Kier molecular flexibility index (Phi) is 8.25. The van der Waals surface area contributed by atoms with Gasteiger partial charge in [0, 0.05) is 32.4 Å². The number of aryl methyl sites for hydroxylation is 3. The number of rotatable bonds is 8. The van der Waals surface area contributed by atoms with Gasteiger partial charge in [-0.3, -0.25) is 9.67 Å². The highest BCUT2D eigenvalue weighted by Gasteiger charge is 2.17. The number of guanidine groups is 1. The summed E-state index contributed by atoms with van der Waals surface area (Å²) in [5.74, 6) is 1.78. The van der Waals surface area contributed by atoms with Crippen LogP contribution in [0.15, 0.2) is 11.1 Å². The van der Waals surface area contributed by atoms with Gasteiger partial charge < -0.3 is 15.5 Å². The Bertz CT molecular complexity index is 528. The van der Waals surface area contributed by atoms with E-state index in [1.54, 1.807) is 0 Å². The molecule has 2 rings (SSSR count). The molecule has 0 saturated carbocycles. The number of nitrogens with zero attached hydrogens (tertiary/aromatic N) is 4. The minimum absolute atomic E-state index is 0.861. The lowest BCUT2D eigenvalue weighted by molar-refractivity contribution is 0.187. The van der Waals surface area contributed by atoms with Crippen LogP contribution < -0.4 is 10.6 Å². The van der Waals surface area contributed by atoms with E-state index in [9.17, 15) is 0 Å². The van der Waals surface area contributed by atoms with Gasteiger partial charge in [-0.1, -0.05) is 6.92 Å². The summed E-state index contributed by atoms with van der Waals surface area (Å²) < 4.78 is 2.08. The van der Waals surface area contributed by atoms with Crippen molar-refractivity contribution in [2.75, 3.05) is 39.8 Å². The fourth-order valence-electron chi connectivity index (χ4n) is 3.54. The first kappa shape index (κ1) is 19.8. The monoisotopic (exact) mass is 348 g/mol. The lowest BCUT2D eigenvalue weighted by atomic mass is 9.93. The average Bonchev–Trinajstić information content (AvgIpc) is 2.95. The molecule has 0 atom stereocenters. The quantitative estimate of drug-likeness (QED) is 0.429. The first-order chi connectivity index (χ1) is 12.1. The van der Waals surface area contributed by atoms with Gasteiger partial charge in [0.15, 0.2) is 5.96 Å². The van der Waals surface area contributed by atoms with E-state index >= 15 is 0 Å². The van der Waals surface area contributed by atoms with E-state index in [1.165, 1.54) is 44.6 Å². The molecule has 1 aliphatic heterocycles. The van der Waals surface area contributed by atoms with E-state index in [1.807, 2.05) is 14.0 Å². The van der Waals surface area contributed by atoms with Crippen molar-refractivity contribution in [2.24, 2.45) is 10.9 Å². The molecule has 25 heavy (non-hydrogen) atoms. The summed E-state index contributed by atoms with van der Waals surface area (Å²) in [6.45, 7) is 13.0. The molecule has 0 spiro atoms. The molecule has 0 aliphatic carbocycles. The number of hydrogen-bond donors (Lipinski definition) is 2. The maximum Gasteiger partial charge on any atom is 0.190 e. The van der Waals surface area contributed by atoms with Crippen LogP contribution in [0.4, 0.5) is 0 Å². The summed E-state index contributed by atoms with van der Waals surface area (Å²) in [6.07, 6.45) is 4.95. The summed E-state index contributed by atoms with van der Waals surface area (Å²) in [5.41, 5.74) is 2.32. The van der Waals surface area contributed by atoms with Crippen LogP contribution in [0.1, 0.15) is 44.0 Å². The molecular formula is C19H36N6. The molecule has 6 heteroatoms. The number of piperidine rings is 1. The topological polar surface area (TPSA) is 57.5 Å². The van der Waals surface area contributed by atoms with Crippen LogP contribution in [0, 0.1) is 19.8 Å². The zero-order chi connectivity index (χ0) is 18.1. The molecule has 1 aromatic rings. The van der Waals surface area contributed by atoms with Gasteiger partial charge in [0.05, 0.1) is 5.69 Å². The maximum absolute atomic E-state index is 4.50.